The SMILES string of the molecule is O=C1CCNCCN1Cc1ccc(C(F)(F)F)cc1. The molecule has 3 nitrogen and oxygen atoms in total. The van der Waals surface area contributed by atoms with Crippen LogP contribution in [0, 0.1) is 0 Å². The van der Waals surface area contributed by atoms with E-state index in [1.54, 1.807) is 4.90 Å². The third-order valence-corrected chi connectivity index (χ3v) is 3.08. The molecule has 1 amide bonds. The van der Waals surface area contributed by atoms with Gasteiger partial charge in [-0.2, -0.15) is 13.2 Å². The molecule has 0 aromatic heterocycles. The number of hydrogen-bond donors (Lipinski definition) is 1. The van der Waals surface area contributed by atoms with Gasteiger partial charge in [-0.3, -0.25) is 4.79 Å². The molecule has 1 aliphatic rings. The maximum atomic E-state index is 12.4. The molecule has 1 aromatic carbocycles. The molecule has 0 bridgehead atoms. The van der Waals surface area contributed by atoms with Gasteiger partial charge in [-0.25, -0.2) is 0 Å². The quantitative estimate of drug-likeness (QED) is 0.893. The van der Waals surface area contributed by atoms with Gasteiger partial charge in [0.1, 0.15) is 0 Å². The summed E-state index contributed by atoms with van der Waals surface area (Å²) in [5.41, 5.74) is 0.0448. The molecule has 0 radical (unpaired) electrons. The highest BCUT2D eigenvalue weighted by molar-refractivity contribution is 5.76. The first-order valence-corrected chi connectivity index (χ1v) is 6.11. The standard InChI is InChI=1S/C13H15F3N2O/c14-13(15,16)11-3-1-10(2-4-11)9-18-8-7-17-6-5-12(18)19/h1-4,17H,5-9H2. The van der Waals surface area contributed by atoms with Crippen LogP contribution in [0.15, 0.2) is 24.3 Å². The molecule has 0 saturated carbocycles. The van der Waals surface area contributed by atoms with Crippen molar-refractivity contribution in [2.75, 3.05) is 19.6 Å². The van der Waals surface area contributed by atoms with Crippen molar-refractivity contribution in [3.05, 3.63) is 35.4 Å². The molecule has 1 fully saturated rings. The molecule has 6 heteroatoms. The summed E-state index contributed by atoms with van der Waals surface area (Å²) in [5, 5.41) is 3.11. The van der Waals surface area contributed by atoms with Gasteiger partial charge in [-0.05, 0) is 17.7 Å². The summed E-state index contributed by atoms with van der Waals surface area (Å²) in [6.45, 7) is 2.31. The first-order chi connectivity index (χ1) is 8.97. The molecule has 1 heterocycles. The molecule has 0 aliphatic carbocycles. The zero-order valence-electron chi connectivity index (χ0n) is 10.3. The predicted octanol–water partition coefficient (Wildman–Crippen LogP) is 2.03. The van der Waals surface area contributed by atoms with Crippen LogP contribution in [-0.2, 0) is 17.5 Å². The Balaban J connectivity index is 2.04. The Labute approximate surface area is 109 Å². The molecule has 0 unspecified atom stereocenters. The topological polar surface area (TPSA) is 32.3 Å². The second kappa shape index (κ2) is 5.61. The summed E-state index contributed by atoms with van der Waals surface area (Å²) in [5.74, 6) is 0.0323. The monoisotopic (exact) mass is 272 g/mol. The predicted molar refractivity (Wildman–Crippen MR) is 64.3 cm³/mol. The second-order valence-corrected chi connectivity index (χ2v) is 4.51. The van der Waals surface area contributed by atoms with Crippen molar-refractivity contribution in [1.82, 2.24) is 10.2 Å². The van der Waals surface area contributed by atoms with Crippen LogP contribution in [0.3, 0.4) is 0 Å². The van der Waals surface area contributed by atoms with Gasteiger partial charge in [0.2, 0.25) is 5.91 Å². The zero-order valence-corrected chi connectivity index (χ0v) is 10.3. The third-order valence-electron chi connectivity index (χ3n) is 3.08. The van der Waals surface area contributed by atoms with Crippen molar-refractivity contribution >= 4 is 5.91 Å². The Bertz CT molecular complexity index is 442. The largest absolute Gasteiger partial charge is 0.416 e. The lowest BCUT2D eigenvalue weighted by atomic mass is 10.1. The number of amides is 1. The van der Waals surface area contributed by atoms with Crippen LogP contribution in [-0.4, -0.2) is 30.4 Å². The molecule has 1 N–H and O–H groups in total. The Morgan fingerprint density at radius 3 is 2.47 bits per heavy atom. The lowest BCUT2D eigenvalue weighted by Crippen LogP contribution is -2.31. The summed E-state index contributed by atoms with van der Waals surface area (Å²) in [6, 6.07) is 4.95. The van der Waals surface area contributed by atoms with Crippen LogP contribution in [0.5, 0.6) is 0 Å². The van der Waals surface area contributed by atoms with Crippen LogP contribution in [0.25, 0.3) is 0 Å². The van der Waals surface area contributed by atoms with Crippen molar-refractivity contribution in [2.45, 2.75) is 19.1 Å². The summed E-state index contributed by atoms with van der Waals surface area (Å²) < 4.78 is 37.3. The molecule has 2 rings (SSSR count). The number of rotatable bonds is 2. The average molecular weight is 272 g/mol. The number of carbonyl (C=O) groups excluding carboxylic acids is 1. The van der Waals surface area contributed by atoms with Gasteiger partial charge in [0.05, 0.1) is 5.56 Å². The van der Waals surface area contributed by atoms with Crippen molar-refractivity contribution in [3.63, 3.8) is 0 Å². The highest BCUT2D eigenvalue weighted by atomic mass is 19.4. The number of hydrogen-bond acceptors (Lipinski definition) is 2. The fourth-order valence-corrected chi connectivity index (χ4v) is 2.00. The number of benzene rings is 1. The first kappa shape index (κ1) is 13.9. The molecule has 19 heavy (non-hydrogen) atoms. The third kappa shape index (κ3) is 3.70. The van der Waals surface area contributed by atoms with Gasteiger partial charge < -0.3 is 10.2 Å². The number of carbonyl (C=O) groups is 1. The first-order valence-electron chi connectivity index (χ1n) is 6.11. The average Bonchev–Trinajstić information content (AvgIpc) is 2.55. The van der Waals surface area contributed by atoms with Gasteiger partial charge in [0.15, 0.2) is 0 Å². The van der Waals surface area contributed by atoms with Gasteiger partial charge >= 0.3 is 6.18 Å². The summed E-state index contributed by atoms with van der Waals surface area (Å²) in [6.07, 6.45) is -3.89. The van der Waals surface area contributed by atoms with Crippen molar-refractivity contribution in [2.24, 2.45) is 0 Å². The van der Waals surface area contributed by atoms with Crippen molar-refractivity contribution < 1.29 is 18.0 Å². The molecular weight excluding hydrogens is 257 g/mol. The molecule has 0 atom stereocenters. The maximum Gasteiger partial charge on any atom is 0.416 e. The van der Waals surface area contributed by atoms with Gasteiger partial charge in [-0.1, -0.05) is 12.1 Å². The Morgan fingerprint density at radius 1 is 1.16 bits per heavy atom. The van der Waals surface area contributed by atoms with Crippen molar-refractivity contribution in [1.29, 1.82) is 0 Å². The smallest absolute Gasteiger partial charge is 0.337 e. The fraction of sp³-hybridized carbons (Fsp3) is 0.462. The summed E-state index contributed by atoms with van der Waals surface area (Å²) in [7, 11) is 0. The molecule has 1 aliphatic heterocycles. The fourth-order valence-electron chi connectivity index (χ4n) is 2.00. The summed E-state index contributed by atoms with van der Waals surface area (Å²) in [4.78, 5) is 13.4. The van der Waals surface area contributed by atoms with E-state index in [2.05, 4.69) is 5.32 Å². The number of alkyl halides is 3. The molecular formula is C13H15F3N2O. The minimum Gasteiger partial charge on any atom is -0.337 e. The highest BCUT2D eigenvalue weighted by Gasteiger charge is 2.30. The van der Waals surface area contributed by atoms with Crippen LogP contribution in [0.1, 0.15) is 17.5 Å². The van der Waals surface area contributed by atoms with Crippen LogP contribution in [0.2, 0.25) is 0 Å². The van der Waals surface area contributed by atoms with Crippen LogP contribution >= 0.6 is 0 Å². The van der Waals surface area contributed by atoms with Gasteiger partial charge in [-0.15, -0.1) is 0 Å². The van der Waals surface area contributed by atoms with E-state index >= 15 is 0 Å². The van der Waals surface area contributed by atoms with Crippen LogP contribution < -0.4 is 5.32 Å². The molecule has 0 spiro atoms. The molecule has 1 saturated heterocycles. The minimum absolute atomic E-state index is 0.0323. The van der Waals surface area contributed by atoms with Gasteiger partial charge in [0, 0.05) is 32.6 Å². The number of nitrogens with one attached hydrogen (secondary N) is 1. The van der Waals surface area contributed by atoms with Crippen molar-refractivity contribution in [3.8, 4) is 0 Å². The van der Waals surface area contributed by atoms with E-state index in [0.717, 1.165) is 12.1 Å². The van der Waals surface area contributed by atoms with E-state index in [0.29, 0.717) is 38.2 Å². The number of nitrogens with zero attached hydrogens (tertiary/aromatic N) is 1. The maximum absolute atomic E-state index is 12.4. The minimum atomic E-state index is -4.32. The second-order valence-electron chi connectivity index (χ2n) is 4.51. The number of halogens is 3. The zero-order chi connectivity index (χ0) is 13.9. The molecule has 1 aromatic rings. The lowest BCUT2D eigenvalue weighted by molar-refractivity contribution is -0.137. The van der Waals surface area contributed by atoms with E-state index in [9.17, 15) is 18.0 Å². The van der Waals surface area contributed by atoms with E-state index in [1.165, 1.54) is 12.1 Å². The van der Waals surface area contributed by atoms with E-state index in [1.807, 2.05) is 0 Å². The van der Waals surface area contributed by atoms with E-state index < -0.39 is 11.7 Å². The normalized spacial score (nSPS) is 17.4. The lowest BCUT2D eigenvalue weighted by Gasteiger charge is -2.20. The Kier molecular flexibility index (Phi) is 4.09. The molecule has 104 valence electrons. The Morgan fingerprint density at radius 2 is 1.84 bits per heavy atom. The Hall–Kier alpha value is -1.56. The summed E-state index contributed by atoms with van der Waals surface area (Å²) >= 11 is 0. The van der Waals surface area contributed by atoms with E-state index in [-0.39, 0.29) is 5.91 Å². The van der Waals surface area contributed by atoms with Crippen LogP contribution in [0.4, 0.5) is 13.2 Å². The highest BCUT2D eigenvalue weighted by Crippen LogP contribution is 2.29. The van der Waals surface area contributed by atoms with Gasteiger partial charge in [0.25, 0.3) is 0 Å². The van der Waals surface area contributed by atoms with E-state index in [4.69, 9.17) is 0 Å².